The molecule has 3 saturated heterocycles. The average Bonchev–Trinajstić information content (AvgIpc) is 2.88. The van der Waals surface area contributed by atoms with Crippen molar-refractivity contribution in [1.82, 2.24) is 9.80 Å². The minimum Gasteiger partial charge on any atom is -0.347 e. The van der Waals surface area contributed by atoms with Crippen molar-refractivity contribution in [2.75, 3.05) is 46.4 Å². The third-order valence-electron chi connectivity index (χ3n) is 4.72. The van der Waals surface area contributed by atoms with E-state index in [-0.39, 0.29) is 11.7 Å². The van der Waals surface area contributed by atoms with Crippen LogP contribution in [0.25, 0.3) is 0 Å². The Labute approximate surface area is 114 Å². The maximum atomic E-state index is 12.5. The second-order valence-electron chi connectivity index (χ2n) is 6.01. The Bertz CT molecular complexity index is 324. The van der Waals surface area contributed by atoms with Crippen molar-refractivity contribution in [2.45, 2.75) is 31.5 Å². The largest absolute Gasteiger partial charge is 0.347 e. The first kappa shape index (κ1) is 13.3. The van der Waals surface area contributed by atoms with Gasteiger partial charge in [0.05, 0.1) is 13.2 Å². The monoisotopic (exact) mass is 268 g/mol. The molecule has 0 atom stereocenters. The molecule has 3 rings (SSSR count). The molecule has 0 radical (unpaired) electrons. The summed E-state index contributed by atoms with van der Waals surface area (Å²) in [6.07, 6.45) is 3.66. The number of hydrogen-bond acceptors (Lipinski definition) is 4. The van der Waals surface area contributed by atoms with Gasteiger partial charge in [0.2, 0.25) is 5.91 Å². The Hall–Kier alpha value is -0.650. The van der Waals surface area contributed by atoms with Crippen molar-refractivity contribution in [3.8, 4) is 0 Å². The SMILES string of the molecule is CN1CCC(C(=O)N2CCC3(CC2)OCCO3)CC1. The van der Waals surface area contributed by atoms with Crippen molar-refractivity contribution < 1.29 is 14.3 Å². The lowest BCUT2D eigenvalue weighted by Gasteiger charge is -2.39. The number of hydrogen-bond donors (Lipinski definition) is 0. The molecule has 108 valence electrons. The highest BCUT2D eigenvalue weighted by molar-refractivity contribution is 5.79. The van der Waals surface area contributed by atoms with Crippen molar-refractivity contribution in [2.24, 2.45) is 5.92 Å². The number of piperidine rings is 2. The van der Waals surface area contributed by atoms with Gasteiger partial charge >= 0.3 is 0 Å². The standard InChI is InChI=1S/C14H24N2O3/c1-15-6-2-12(3-7-15)13(17)16-8-4-14(5-9-16)18-10-11-19-14/h12H,2-11H2,1H3. The summed E-state index contributed by atoms with van der Waals surface area (Å²) in [4.78, 5) is 16.8. The second kappa shape index (κ2) is 5.38. The Morgan fingerprint density at radius 3 is 2.21 bits per heavy atom. The Morgan fingerprint density at radius 2 is 1.63 bits per heavy atom. The van der Waals surface area contributed by atoms with Crippen LogP contribution >= 0.6 is 0 Å². The van der Waals surface area contributed by atoms with Gasteiger partial charge in [-0.25, -0.2) is 0 Å². The van der Waals surface area contributed by atoms with Crippen LogP contribution < -0.4 is 0 Å². The maximum absolute atomic E-state index is 12.5. The number of amides is 1. The minimum atomic E-state index is -0.371. The highest BCUT2D eigenvalue weighted by Gasteiger charge is 2.41. The fourth-order valence-corrected chi connectivity index (χ4v) is 3.37. The molecular weight excluding hydrogens is 244 g/mol. The third kappa shape index (κ3) is 2.78. The van der Waals surface area contributed by atoms with Gasteiger partial charge in [0, 0.05) is 31.8 Å². The van der Waals surface area contributed by atoms with E-state index in [2.05, 4.69) is 11.9 Å². The van der Waals surface area contributed by atoms with E-state index in [0.29, 0.717) is 19.1 Å². The molecule has 0 bridgehead atoms. The summed E-state index contributed by atoms with van der Waals surface area (Å²) in [6, 6.07) is 0. The van der Waals surface area contributed by atoms with Gasteiger partial charge in [-0.1, -0.05) is 0 Å². The number of likely N-dealkylation sites (tertiary alicyclic amines) is 2. The zero-order chi connectivity index (χ0) is 13.3. The first-order valence-electron chi connectivity index (χ1n) is 7.44. The molecule has 0 aliphatic carbocycles. The van der Waals surface area contributed by atoms with Crippen molar-refractivity contribution >= 4 is 5.91 Å². The molecule has 0 aromatic heterocycles. The molecule has 3 heterocycles. The molecule has 0 unspecified atom stereocenters. The smallest absolute Gasteiger partial charge is 0.225 e. The molecule has 0 aromatic rings. The van der Waals surface area contributed by atoms with Crippen LogP contribution in [0, 0.1) is 5.92 Å². The summed E-state index contributed by atoms with van der Waals surface area (Å²) < 4.78 is 11.4. The van der Waals surface area contributed by atoms with Crippen LogP contribution in [-0.2, 0) is 14.3 Å². The molecule has 0 aromatic carbocycles. The van der Waals surface area contributed by atoms with E-state index in [1.165, 1.54) is 0 Å². The van der Waals surface area contributed by atoms with Crippen LogP contribution in [0.5, 0.6) is 0 Å². The molecule has 5 heteroatoms. The number of carbonyl (C=O) groups is 1. The van der Waals surface area contributed by atoms with Gasteiger partial charge in [-0.05, 0) is 33.0 Å². The van der Waals surface area contributed by atoms with Crippen molar-refractivity contribution in [3.05, 3.63) is 0 Å². The highest BCUT2D eigenvalue weighted by atomic mass is 16.7. The van der Waals surface area contributed by atoms with Gasteiger partial charge in [-0.15, -0.1) is 0 Å². The summed E-state index contributed by atoms with van der Waals surface area (Å²) >= 11 is 0. The average molecular weight is 268 g/mol. The predicted molar refractivity (Wildman–Crippen MR) is 70.7 cm³/mol. The topological polar surface area (TPSA) is 42.0 Å². The summed E-state index contributed by atoms with van der Waals surface area (Å²) in [5.41, 5.74) is 0. The molecule has 0 N–H and O–H groups in total. The highest BCUT2D eigenvalue weighted by Crippen LogP contribution is 2.32. The molecule has 0 saturated carbocycles. The maximum Gasteiger partial charge on any atom is 0.225 e. The van der Waals surface area contributed by atoms with Gasteiger partial charge in [0.25, 0.3) is 0 Å². The summed E-state index contributed by atoms with van der Waals surface area (Å²) in [6.45, 7) is 5.04. The minimum absolute atomic E-state index is 0.232. The Kier molecular flexibility index (Phi) is 3.78. The summed E-state index contributed by atoms with van der Waals surface area (Å²) in [7, 11) is 2.13. The van der Waals surface area contributed by atoms with Gasteiger partial charge in [0.15, 0.2) is 5.79 Å². The normalized spacial score (nSPS) is 29.0. The number of carbonyl (C=O) groups excluding carboxylic acids is 1. The summed E-state index contributed by atoms with van der Waals surface area (Å²) in [5.74, 6) is 0.209. The van der Waals surface area contributed by atoms with Gasteiger partial charge in [-0.3, -0.25) is 4.79 Å². The lowest BCUT2D eigenvalue weighted by atomic mass is 9.94. The Morgan fingerprint density at radius 1 is 1.05 bits per heavy atom. The number of rotatable bonds is 1. The van der Waals surface area contributed by atoms with E-state index in [1.54, 1.807) is 0 Å². The van der Waals surface area contributed by atoms with Crippen LogP contribution in [-0.4, -0.2) is 67.9 Å². The lowest BCUT2D eigenvalue weighted by molar-refractivity contribution is -0.188. The molecule has 3 aliphatic heterocycles. The molecular formula is C14H24N2O3. The van der Waals surface area contributed by atoms with Crippen LogP contribution in [0.1, 0.15) is 25.7 Å². The van der Waals surface area contributed by atoms with E-state index < -0.39 is 0 Å². The third-order valence-corrected chi connectivity index (χ3v) is 4.72. The summed E-state index contributed by atoms with van der Waals surface area (Å²) in [5, 5.41) is 0. The van der Waals surface area contributed by atoms with E-state index in [0.717, 1.165) is 51.9 Å². The van der Waals surface area contributed by atoms with Crippen LogP contribution in [0.15, 0.2) is 0 Å². The quantitative estimate of drug-likeness (QED) is 0.702. The predicted octanol–water partition coefficient (Wildman–Crippen LogP) is 0.694. The van der Waals surface area contributed by atoms with Crippen LogP contribution in [0.2, 0.25) is 0 Å². The van der Waals surface area contributed by atoms with Gasteiger partial charge in [0.1, 0.15) is 0 Å². The second-order valence-corrected chi connectivity index (χ2v) is 6.01. The molecule has 1 amide bonds. The molecule has 5 nitrogen and oxygen atoms in total. The molecule has 19 heavy (non-hydrogen) atoms. The number of nitrogens with zero attached hydrogens (tertiary/aromatic N) is 2. The fourth-order valence-electron chi connectivity index (χ4n) is 3.37. The Balaban J connectivity index is 1.52. The first-order chi connectivity index (χ1) is 9.19. The van der Waals surface area contributed by atoms with E-state index in [9.17, 15) is 4.79 Å². The van der Waals surface area contributed by atoms with E-state index >= 15 is 0 Å². The van der Waals surface area contributed by atoms with Crippen LogP contribution in [0.4, 0.5) is 0 Å². The van der Waals surface area contributed by atoms with Crippen LogP contribution in [0.3, 0.4) is 0 Å². The van der Waals surface area contributed by atoms with Crippen molar-refractivity contribution in [1.29, 1.82) is 0 Å². The lowest BCUT2D eigenvalue weighted by Crippen LogP contribution is -2.50. The van der Waals surface area contributed by atoms with E-state index in [4.69, 9.17) is 9.47 Å². The molecule has 3 fully saturated rings. The zero-order valence-electron chi connectivity index (χ0n) is 11.8. The molecule has 1 spiro atoms. The fraction of sp³-hybridized carbons (Fsp3) is 0.929. The molecule has 3 aliphatic rings. The zero-order valence-corrected chi connectivity index (χ0v) is 11.8. The van der Waals surface area contributed by atoms with Gasteiger partial charge in [-0.2, -0.15) is 0 Å². The van der Waals surface area contributed by atoms with Gasteiger partial charge < -0.3 is 19.3 Å². The number of ether oxygens (including phenoxy) is 2. The van der Waals surface area contributed by atoms with Crippen molar-refractivity contribution in [3.63, 3.8) is 0 Å². The van der Waals surface area contributed by atoms with E-state index in [1.807, 2.05) is 4.90 Å². The first-order valence-corrected chi connectivity index (χ1v) is 7.44.